The van der Waals surface area contributed by atoms with E-state index in [4.69, 9.17) is 9.47 Å². The second kappa shape index (κ2) is 5.91. The number of nitrogens with one attached hydrogen (secondary N) is 2. The highest BCUT2D eigenvalue weighted by atomic mass is 32.1. The van der Waals surface area contributed by atoms with Gasteiger partial charge in [0.15, 0.2) is 11.5 Å². The second-order valence-corrected chi connectivity index (χ2v) is 6.12. The molecule has 1 amide bonds. The summed E-state index contributed by atoms with van der Waals surface area (Å²) in [6.07, 6.45) is 0. The van der Waals surface area contributed by atoms with Crippen molar-refractivity contribution >= 4 is 27.3 Å². The molecule has 5 nitrogen and oxygen atoms in total. The number of rotatable bonds is 5. The number of ether oxygens (including phenoxy) is 2. The van der Waals surface area contributed by atoms with Crippen molar-refractivity contribution in [3.8, 4) is 11.5 Å². The van der Waals surface area contributed by atoms with Crippen LogP contribution in [0.5, 0.6) is 11.5 Å². The van der Waals surface area contributed by atoms with E-state index >= 15 is 0 Å². The van der Waals surface area contributed by atoms with Crippen molar-refractivity contribution in [2.45, 2.75) is 19.9 Å². The molecule has 1 aliphatic rings. The minimum Gasteiger partial charge on any atom is -0.454 e. The quantitative estimate of drug-likeness (QED) is 0.890. The second-order valence-electron chi connectivity index (χ2n) is 5.04. The molecule has 3 rings (SSSR count). The maximum absolute atomic E-state index is 12.3. The van der Waals surface area contributed by atoms with E-state index in [1.165, 1.54) is 11.3 Å². The maximum atomic E-state index is 12.3. The summed E-state index contributed by atoms with van der Waals surface area (Å²) in [7, 11) is 0. The Morgan fingerprint density at radius 2 is 2.10 bits per heavy atom. The highest BCUT2D eigenvalue weighted by molar-refractivity contribution is 7.20. The smallest absolute Gasteiger partial charge is 0.261 e. The van der Waals surface area contributed by atoms with Crippen LogP contribution in [0.3, 0.4) is 0 Å². The van der Waals surface area contributed by atoms with Gasteiger partial charge in [-0.05, 0) is 31.0 Å². The van der Waals surface area contributed by atoms with Gasteiger partial charge in [-0.25, -0.2) is 0 Å². The molecule has 2 N–H and O–H groups in total. The number of carbonyl (C=O) groups is 1. The van der Waals surface area contributed by atoms with E-state index in [0.29, 0.717) is 4.88 Å². The molecule has 1 unspecified atom stereocenters. The zero-order chi connectivity index (χ0) is 14.8. The molecular formula is C15H18N2O3S. The number of fused-ring (bicyclic) bond motifs is 2. The number of hydrogen-bond donors (Lipinski definition) is 2. The van der Waals surface area contributed by atoms with Gasteiger partial charge < -0.3 is 20.1 Å². The topological polar surface area (TPSA) is 59.6 Å². The van der Waals surface area contributed by atoms with Crippen LogP contribution in [0.4, 0.5) is 0 Å². The van der Waals surface area contributed by atoms with Gasteiger partial charge in [0.2, 0.25) is 6.79 Å². The molecule has 0 spiro atoms. The summed E-state index contributed by atoms with van der Waals surface area (Å²) in [6.45, 7) is 5.97. The third kappa shape index (κ3) is 2.96. The number of likely N-dealkylation sites (N-methyl/N-ethyl adjacent to an activating group) is 1. The zero-order valence-corrected chi connectivity index (χ0v) is 12.9. The molecule has 1 aliphatic heterocycles. The van der Waals surface area contributed by atoms with Gasteiger partial charge >= 0.3 is 0 Å². The molecule has 1 atom stereocenters. The third-order valence-electron chi connectivity index (χ3n) is 3.31. The Morgan fingerprint density at radius 3 is 2.86 bits per heavy atom. The van der Waals surface area contributed by atoms with Crippen LogP contribution in [0.15, 0.2) is 18.2 Å². The van der Waals surface area contributed by atoms with Gasteiger partial charge in [-0.3, -0.25) is 4.79 Å². The molecule has 0 saturated carbocycles. The van der Waals surface area contributed by atoms with Gasteiger partial charge in [0.05, 0.1) is 4.88 Å². The van der Waals surface area contributed by atoms with Crippen molar-refractivity contribution in [3.05, 3.63) is 23.1 Å². The Bertz CT molecular complexity index is 627. The first kappa shape index (κ1) is 14.2. The number of amides is 1. The highest BCUT2D eigenvalue weighted by Gasteiger charge is 2.18. The molecule has 0 radical (unpaired) electrons. The average Bonchev–Trinajstić information content (AvgIpc) is 3.07. The lowest BCUT2D eigenvalue weighted by atomic mass is 10.2. The normalized spacial score (nSPS) is 14.4. The molecule has 0 fully saturated rings. The number of thiophene rings is 1. The summed E-state index contributed by atoms with van der Waals surface area (Å²) in [5.41, 5.74) is 0. The van der Waals surface area contributed by atoms with Crippen molar-refractivity contribution in [1.82, 2.24) is 10.6 Å². The lowest BCUT2D eigenvalue weighted by Crippen LogP contribution is -2.39. The van der Waals surface area contributed by atoms with E-state index in [1.54, 1.807) is 0 Å². The Morgan fingerprint density at radius 1 is 1.33 bits per heavy atom. The SMILES string of the molecule is CCNCC(C)NC(=O)c1cc2cc3c(cc2s1)OCO3. The van der Waals surface area contributed by atoms with Crippen molar-refractivity contribution in [1.29, 1.82) is 0 Å². The Balaban J connectivity index is 1.76. The predicted molar refractivity (Wildman–Crippen MR) is 83.4 cm³/mol. The van der Waals surface area contributed by atoms with Gasteiger partial charge in [-0.15, -0.1) is 11.3 Å². The van der Waals surface area contributed by atoms with Crippen LogP contribution < -0.4 is 20.1 Å². The lowest BCUT2D eigenvalue weighted by Gasteiger charge is -2.13. The molecule has 1 aromatic heterocycles. The van der Waals surface area contributed by atoms with Crippen LogP contribution >= 0.6 is 11.3 Å². The molecule has 112 valence electrons. The van der Waals surface area contributed by atoms with E-state index in [0.717, 1.165) is 34.7 Å². The molecule has 2 heterocycles. The van der Waals surface area contributed by atoms with E-state index in [1.807, 2.05) is 32.0 Å². The fraction of sp³-hybridized carbons (Fsp3) is 0.400. The highest BCUT2D eigenvalue weighted by Crippen LogP contribution is 2.39. The van der Waals surface area contributed by atoms with Crippen LogP contribution in [-0.4, -0.2) is 31.8 Å². The van der Waals surface area contributed by atoms with E-state index < -0.39 is 0 Å². The summed E-state index contributed by atoms with van der Waals surface area (Å²) >= 11 is 1.47. The fourth-order valence-electron chi connectivity index (χ4n) is 2.25. The average molecular weight is 306 g/mol. The lowest BCUT2D eigenvalue weighted by molar-refractivity contribution is 0.0944. The molecule has 0 aliphatic carbocycles. The van der Waals surface area contributed by atoms with E-state index in [9.17, 15) is 4.79 Å². The summed E-state index contributed by atoms with van der Waals surface area (Å²) < 4.78 is 11.8. The number of carbonyl (C=O) groups excluding carboxylic acids is 1. The van der Waals surface area contributed by atoms with Gasteiger partial charge in [0.25, 0.3) is 5.91 Å². The van der Waals surface area contributed by atoms with Gasteiger partial charge in [0, 0.05) is 23.4 Å². The summed E-state index contributed by atoms with van der Waals surface area (Å²) in [4.78, 5) is 13.0. The Hall–Kier alpha value is -1.79. The van der Waals surface area contributed by atoms with Crippen molar-refractivity contribution in [3.63, 3.8) is 0 Å². The first-order valence-corrected chi connectivity index (χ1v) is 7.84. The van der Waals surface area contributed by atoms with Crippen LogP contribution in [-0.2, 0) is 0 Å². The monoisotopic (exact) mass is 306 g/mol. The number of benzene rings is 1. The zero-order valence-electron chi connectivity index (χ0n) is 12.1. The van der Waals surface area contributed by atoms with Crippen molar-refractivity contribution in [2.24, 2.45) is 0 Å². The molecule has 0 saturated heterocycles. The first-order chi connectivity index (χ1) is 10.2. The first-order valence-electron chi connectivity index (χ1n) is 7.02. The fourth-order valence-corrected chi connectivity index (χ4v) is 3.22. The molecule has 1 aromatic carbocycles. The minimum atomic E-state index is -0.0383. The van der Waals surface area contributed by atoms with Crippen LogP contribution in [0.25, 0.3) is 10.1 Å². The minimum absolute atomic E-state index is 0.0383. The Labute approximate surface area is 127 Å². The van der Waals surface area contributed by atoms with Crippen LogP contribution in [0, 0.1) is 0 Å². The predicted octanol–water partition coefficient (Wildman–Crippen LogP) is 2.36. The molecule has 0 bridgehead atoms. The summed E-state index contributed by atoms with van der Waals surface area (Å²) in [6, 6.07) is 5.85. The molecule has 2 aromatic rings. The molecular weight excluding hydrogens is 288 g/mol. The van der Waals surface area contributed by atoms with E-state index in [-0.39, 0.29) is 18.7 Å². The van der Waals surface area contributed by atoms with Crippen LogP contribution in [0.1, 0.15) is 23.5 Å². The van der Waals surface area contributed by atoms with Crippen LogP contribution in [0.2, 0.25) is 0 Å². The van der Waals surface area contributed by atoms with Crippen molar-refractivity contribution < 1.29 is 14.3 Å². The van der Waals surface area contributed by atoms with E-state index in [2.05, 4.69) is 10.6 Å². The largest absolute Gasteiger partial charge is 0.454 e. The molecule has 21 heavy (non-hydrogen) atoms. The summed E-state index contributed by atoms with van der Waals surface area (Å²) in [5, 5.41) is 7.22. The number of hydrogen-bond acceptors (Lipinski definition) is 5. The Kier molecular flexibility index (Phi) is 3.98. The van der Waals surface area contributed by atoms with Gasteiger partial charge in [-0.2, -0.15) is 0 Å². The standard InChI is InChI=1S/C15H18N2O3S/c1-3-16-7-9(2)17-15(18)14-5-10-4-11-12(20-8-19-11)6-13(10)21-14/h4-6,9,16H,3,7-8H2,1-2H3,(H,17,18). The summed E-state index contributed by atoms with van der Waals surface area (Å²) in [5.74, 6) is 1.45. The third-order valence-corrected chi connectivity index (χ3v) is 4.41. The maximum Gasteiger partial charge on any atom is 0.261 e. The van der Waals surface area contributed by atoms with Gasteiger partial charge in [0.1, 0.15) is 0 Å². The molecule has 6 heteroatoms. The van der Waals surface area contributed by atoms with Crippen molar-refractivity contribution in [2.75, 3.05) is 19.9 Å². The van der Waals surface area contributed by atoms with Gasteiger partial charge in [-0.1, -0.05) is 6.92 Å².